The van der Waals surface area contributed by atoms with Crippen molar-refractivity contribution in [1.82, 2.24) is 10.3 Å². The normalized spacial score (nSPS) is 15.4. The number of rotatable bonds is 4. The molecule has 1 heterocycles. The minimum atomic E-state index is -0.742. The number of carbonyl (C=O) groups excluding carboxylic acids is 1. The molecule has 1 aliphatic carbocycles. The predicted octanol–water partition coefficient (Wildman–Crippen LogP) is 1.72. The maximum absolute atomic E-state index is 13.5. The van der Waals surface area contributed by atoms with Gasteiger partial charge in [-0.3, -0.25) is 4.79 Å². The van der Waals surface area contributed by atoms with Gasteiger partial charge in [0, 0.05) is 12.7 Å². The summed E-state index contributed by atoms with van der Waals surface area (Å²) in [5.74, 6) is -0.677. The number of carbonyl (C=O) groups is 1. The lowest BCUT2D eigenvalue weighted by atomic mass is 9.83. The van der Waals surface area contributed by atoms with Crippen LogP contribution in [0.15, 0.2) is 12.3 Å². The quantitative estimate of drug-likeness (QED) is 0.837. The van der Waals surface area contributed by atoms with Crippen molar-refractivity contribution in [3.8, 4) is 0 Å². The molecule has 5 heteroatoms. The highest BCUT2D eigenvalue weighted by atomic mass is 19.1. The van der Waals surface area contributed by atoms with Gasteiger partial charge in [0.05, 0.1) is 5.56 Å². The van der Waals surface area contributed by atoms with Gasteiger partial charge in [-0.1, -0.05) is 19.3 Å². The van der Waals surface area contributed by atoms with E-state index in [1.807, 2.05) is 0 Å². The zero-order valence-corrected chi connectivity index (χ0v) is 9.58. The summed E-state index contributed by atoms with van der Waals surface area (Å²) in [6, 6.07) is 1.34. The highest BCUT2D eigenvalue weighted by Crippen LogP contribution is 2.28. The molecule has 4 nitrogen and oxygen atoms in total. The number of nitrogens with one attached hydrogen (secondary N) is 1. The van der Waals surface area contributed by atoms with E-state index < -0.39 is 11.7 Å². The molecular weight excluding hydrogens is 221 g/mol. The molecule has 0 atom stereocenters. The molecular formula is C12H16FN3O. The van der Waals surface area contributed by atoms with E-state index in [0.29, 0.717) is 6.54 Å². The lowest BCUT2D eigenvalue weighted by Gasteiger charge is -2.25. The number of hydrogen-bond donors (Lipinski definition) is 2. The van der Waals surface area contributed by atoms with E-state index >= 15 is 0 Å². The summed E-state index contributed by atoms with van der Waals surface area (Å²) in [5.41, 5.74) is 5.26. The number of amides is 1. The second-order valence-corrected chi connectivity index (χ2v) is 4.40. The van der Waals surface area contributed by atoms with E-state index in [-0.39, 0.29) is 11.4 Å². The number of nitrogens with zero attached hydrogens (tertiary/aromatic N) is 1. The van der Waals surface area contributed by atoms with Crippen molar-refractivity contribution < 1.29 is 9.18 Å². The van der Waals surface area contributed by atoms with Crippen LogP contribution >= 0.6 is 0 Å². The highest BCUT2D eigenvalue weighted by molar-refractivity contribution is 5.95. The standard InChI is InChI=1S/C12H16FN3O/c13-10-9(5-7-15-11(10)14)12(17)16-6-4-8-2-1-3-8/h5,7-8H,1-4,6H2,(H2,14,15)(H,16,17). The Morgan fingerprint density at radius 1 is 1.59 bits per heavy atom. The molecule has 0 radical (unpaired) electrons. The predicted molar refractivity (Wildman–Crippen MR) is 62.9 cm³/mol. The SMILES string of the molecule is Nc1nccc(C(=O)NCCC2CCC2)c1F. The van der Waals surface area contributed by atoms with E-state index in [4.69, 9.17) is 5.73 Å². The van der Waals surface area contributed by atoms with Crippen LogP contribution in [0, 0.1) is 11.7 Å². The Morgan fingerprint density at radius 2 is 2.35 bits per heavy atom. The molecule has 0 saturated heterocycles. The fourth-order valence-corrected chi connectivity index (χ4v) is 1.90. The van der Waals surface area contributed by atoms with Gasteiger partial charge in [-0.2, -0.15) is 0 Å². The van der Waals surface area contributed by atoms with Crippen molar-refractivity contribution in [3.63, 3.8) is 0 Å². The van der Waals surface area contributed by atoms with Gasteiger partial charge in [0.1, 0.15) is 0 Å². The number of hydrogen-bond acceptors (Lipinski definition) is 3. The highest BCUT2D eigenvalue weighted by Gasteiger charge is 2.18. The van der Waals surface area contributed by atoms with Gasteiger partial charge in [0.2, 0.25) is 0 Å². The second-order valence-electron chi connectivity index (χ2n) is 4.40. The summed E-state index contributed by atoms with van der Waals surface area (Å²) < 4.78 is 13.5. The minimum Gasteiger partial charge on any atom is -0.381 e. The Kier molecular flexibility index (Phi) is 3.56. The molecule has 1 aromatic rings. The van der Waals surface area contributed by atoms with Crippen molar-refractivity contribution in [2.24, 2.45) is 5.92 Å². The lowest BCUT2D eigenvalue weighted by Crippen LogP contribution is -2.28. The molecule has 1 aromatic heterocycles. The Bertz CT molecular complexity index is 418. The van der Waals surface area contributed by atoms with Gasteiger partial charge in [0.25, 0.3) is 5.91 Å². The van der Waals surface area contributed by atoms with Gasteiger partial charge in [-0.25, -0.2) is 9.37 Å². The van der Waals surface area contributed by atoms with Crippen LogP contribution in [0.25, 0.3) is 0 Å². The summed E-state index contributed by atoms with van der Waals surface area (Å²) >= 11 is 0. The van der Waals surface area contributed by atoms with Crippen molar-refractivity contribution >= 4 is 11.7 Å². The fraction of sp³-hybridized carbons (Fsp3) is 0.500. The van der Waals surface area contributed by atoms with Crippen LogP contribution in [0.3, 0.4) is 0 Å². The van der Waals surface area contributed by atoms with Gasteiger partial charge < -0.3 is 11.1 Å². The Hall–Kier alpha value is -1.65. The monoisotopic (exact) mass is 237 g/mol. The third-order valence-electron chi connectivity index (χ3n) is 3.22. The first-order valence-electron chi connectivity index (χ1n) is 5.86. The average molecular weight is 237 g/mol. The van der Waals surface area contributed by atoms with Gasteiger partial charge in [-0.05, 0) is 18.4 Å². The summed E-state index contributed by atoms with van der Waals surface area (Å²) in [5, 5.41) is 2.70. The van der Waals surface area contributed by atoms with E-state index in [0.717, 1.165) is 12.3 Å². The number of aromatic nitrogens is 1. The van der Waals surface area contributed by atoms with Crippen LogP contribution < -0.4 is 11.1 Å². The summed E-state index contributed by atoms with van der Waals surface area (Å²) in [6.07, 6.45) is 6.07. The van der Waals surface area contributed by atoms with E-state index in [1.165, 1.54) is 31.5 Å². The van der Waals surface area contributed by atoms with Gasteiger partial charge >= 0.3 is 0 Å². The molecule has 1 aliphatic rings. The van der Waals surface area contributed by atoms with E-state index in [1.54, 1.807) is 0 Å². The zero-order valence-electron chi connectivity index (χ0n) is 9.58. The maximum Gasteiger partial charge on any atom is 0.254 e. The number of halogens is 1. The van der Waals surface area contributed by atoms with E-state index in [9.17, 15) is 9.18 Å². The molecule has 17 heavy (non-hydrogen) atoms. The van der Waals surface area contributed by atoms with Crippen molar-refractivity contribution in [2.45, 2.75) is 25.7 Å². The Morgan fingerprint density at radius 3 is 3.00 bits per heavy atom. The lowest BCUT2D eigenvalue weighted by molar-refractivity contribution is 0.0945. The summed E-state index contributed by atoms with van der Waals surface area (Å²) in [6.45, 7) is 0.588. The maximum atomic E-state index is 13.5. The third-order valence-corrected chi connectivity index (χ3v) is 3.22. The molecule has 1 saturated carbocycles. The van der Waals surface area contributed by atoms with Crippen LogP contribution in [-0.2, 0) is 0 Å². The third kappa shape index (κ3) is 2.72. The fourth-order valence-electron chi connectivity index (χ4n) is 1.90. The minimum absolute atomic E-state index is 0.0360. The molecule has 1 amide bonds. The van der Waals surface area contributed by atoms with Crippen LogP contribution in [0.4, 0.5) is 10.2 Å². The van der Waals surface area contributed by atoms with E-state index in [2.05, 4.69) is 10.3 Å². The first-order chi connectivity index (χ1) is 8.18. The van der Waals surface area contributed by atoms with Crippen LogP contribution in [0.1, 0.15) is 36.0 Å². The average Bonchev–Trinajstić information content (AvgIpc) is 2.25. The van der Waals surface area contributed by atoms with Crippen LogP contribution in [0.5, 0.6) is 0 Å². The number of nitrogens with two attached hydrogens (primary N) is 1. The van der Waals surface area contributed by atoms with Crippen LogP contribution in [-0.4, -0.2) is 17.4 Å². The molecule has 0 aliphatic heterocycles. The zero-order chi connectivity index (χ0) is 12.3. The molecule has 3 N–H and O–H groups in total. The number of anilines is 1. The molecule has 0 spiro atoms. The molecule has 0 bridgehead atoms. The first-order valence-corrected chi connectivity index (χ1v) is 5.86. The molecule has 2 rings (SSSR count). The molecule has 0 unspecified atom stereocenters. The molecule has 0 aromatic carbocycles. The summed E-state index contributed by atoms with van der Waals surface area (Å²) in [4.78, 5) is 15.2. The topological polar surface area (TPSA) is 68.0 Å². The van der Waals surface area contributed by atoms with Crippen molar-refractivity contribution in [3.05, 3.63) is 23.6 Å². The number of pyridine rings is 1. The number of nitrogen functional groups attached to an aromatic ring is 1. The van der Waals surface area contributed by atoms with Gasteiger partial charge in [0.15, 0.2) is 11.6 Å². The van der Waals surface area contributed by atoms with Crippen LogP contribution in [0.2, 0.25) is 0 Å². The molecule has 92 valence electrons. The molecule has 1 fully saturated rings. The Labute approximate surface area is 99.4 Å². The van der Waals surface area contributed by atoms with Gasteiger partial charge in [-0.15, -0.1) is 0 Å². The smallest absolute Gasteiger partial charge is 0.254 e. The first kappa shape index (κ1) is 11.8. The van der Waals surface area contributed by atoms with Crippen molar-refractivity contribution in [2.75, 3.05) is 12.3 Å². The Balaban J connectivity index is 1.87. The summed E-state index contributed by atoms with van der Waals surface area (Å²) in [7, 11) is 0. The second kappa shape index (κ2) is 5.12. The largest absolute Gasteiger partial charge is 0.381 e. The van der Waals surface area contributed by atoms with Crippen molar-refractivity contribution in [1.29, 1.82) is 0 Å².